The molecule has 1 aromatic rings. The van der Waals surface area contributed by atoms with Crippen molar-refractivity contribution in [1.82, 2.24) is 5.32 Å². The first-order valence-corrected chi connectivity index (χ1v) is 7.00. The summed E-state index contributed by atoms with van der Waals surface area (Å²) in [5.74, 6) is 0. The van der Waals surface area contributed by atoms with E-state index < -0.39 is 0 Å². The summed E-state index contributed by atoms with van der Waals surface area (Å²) in [4.78, 5) is 2.31. The van der Waals surface area contributed by atoms with Crippen LogP contribution in [0.2, 0.25) is 5.02 Å². The van der Waals surface area contributed by atoms with Crippen molar-refractivity contribution < 1.29 is 5.11 Å². The van der Waals surface area contributed by atoms with E-state index in [1.807, 2.05) is 12.1 Å². The molecule has 0 radical (unpaired) electrons. The van der Waals surface area contributed by atoms with E-state index in [1.165, 1.54) is 11.3 Å². The molecule has 0 aliphatic carbocycles. The Balaban J connectivity index is 2.25. The molecule has 0 bridgehead atoms. The first-order chi connectivity index (χ1) is 8.76. The summed E-state index contributed by atoms with van der Waals surface area (Å²) in [5.41, 5.74) is 2.42. The fourth-order valence-electron chi connectivity index (χ4n) is 2.58. The average molecular weight is 269 g/mol. The molecule has 1 aliphatic rings. The van der Waals surface area contributed by atoms with Gasteiger partial charge in [0.1, 0.15) is 0 Å². The van der Waals surface area contributed by atoms with Crippen molar-refractivity contribution in [2.45, 2.75) is 32.4 Å². The van der Waals surface area contributed by atoms with Crippen LogP contribution in [0.25, 0.3) is 0 Å². The van der Waals surface area contributed by atoms with Crippen LogP contribution in [0.1, 0.15) is 25.3 Å². The van der Waals surface area contributed by atoms with Gasteiger partial charge in [-0.05, 0) is 43.1 Å². The Kier molecular flexibility index (Phi) is 4.87. The van der Waals surface area contributed by atoms with Gasteiger partial charge in [-0.15, -0.1) is 0 Å². The summed E-state index contributed by atoms with van der Waals surface area (Å²) >= 11 is 6.08. The van der Waals surface area contributed by atoms with Crippen molar-refractivity contribution in [3.63, 3.8) is 0 Å². The molecule has 3 nitrogen and oxygen atoms in total. The largest absolute Gasteiger partial charge is 0.394 e. The molecule has 0 amide bonds. The van der Waals surface area contributed by atoms with E-state index in [0.29, 0.717) is 0 Å². The Bertz CT molecular complexity index is 397. The Morgan fingerprint density at radius 1 is 1.50 bits per heavy atom. The summed E-state index contributed by atoms with van der Waals surface area (Å²) in [7, 11) is 0. The van der Waals surface area contributed by atoms with E-state index in [4.69, 9.17) is 11.6 Å². The first-order valence-electron chi connectivity index (χ1n) is 6.63. The molecule has 18 heavy (non-hydrogen) atoms. The number of halogens is 1. The minimum Gasteiger partial charge on any atom is -0.394 e. The highest BCUT2D eigenvalue weighted by atomic mass is 35.5. The summed E-state index contributed by atoms with van der Waals surface area (Å²) in [6.45, 7) is 5.10. The molecule has 4 heteroatoms. The lowest BCUT2D eigenvalue weighted by atomic mass is 10.1. The monoisotopic (exact) mass is 268 g/mol. The number of anilines is 1. The fraction of sp³-hybridized carbons (Fsp3) is 0.571. The zero-order valence-corrected chi connectivity index (χ0v) is 11.6. The van der Waals surface area contributed by atoms with Gasteiger partial charge in [-0.25, -0.2) is 0 Å². The van der Waals surface area contributed by atoms with Crippen molar-refractivity contribution >= 4 is 17.3 Å². The molecule has 0 aromatic heterocycles. The smallest absolute Gasteiger partial charge is 0.0635 e. The minimum atomic E-state index is 0.225. The zero-order chi connectivity index (χ0) is 13.0. The van der Waals surface area contributed by atoms with Crippen molar-refractivity contribution in [1.29, 1.82) is 0 Å². The van der Waals surface area contributed by atoms with Gasteiger partial charge in [0, 0.05) is 23.8 Å². The molecule has 2 N–H and O–H groups in total. The predicted octanol–water partition coefficient (Wildman–Crippen LogP) is 2.41. The summed E-state index contributed by atoms with van der Waals surface area (Å²) in [6.07, 6.45) is 2.22. The summed E-state index contributed by atoms with van der Waals surface area (Å²) < 4.78 is 0. The predicted molar refractivity (Wildman–Crippen MR) is 76.3 cm³/mol. The summed E-state index contributed by atoms with van der Waals surface area (Å²) in [5, 5.41) is 13.5. The Labute approximate surface area is 114 Å². The average Bonchev–Trinajstić information content (AvgIpc) is 2.84. The van der Waals surface area contributed by atoms with E-state index in [2.05, 4.69) is 23.2 Å². The number of hydrogen-bond donors (Lipinski definition) is 2. The highest BCUT2D eigenvalue weighted by molar-refractivity contribution is 6.30. The number of rotatable bonds is 5. The third kappa shape index (κ3) is 2.97. The van der Waals surface area contributed by atoms with Crippen LogP contribution in [-0.2, 0) is 6.54 Å². The number of nitrogens with zero attached hydrogens (tertiary/aromatic N) is 1. The van der Waals surface area contributed by atoms with Gasteiger partial charge in [0.25, 0.3) is 0 Å². The maximum Gasteiger partial charge on any atom is 0.0635 e. The molecule has 1 saturated heterocycles. The third-order valence-corrected chi connectivity index (χ3v) is 3.74. The summed E-state index contributed by atoms with van der Waals surface area (Å²) in [6, 6.07) is 6.28. The normalized spacial score (nSPS) is 19.5. The molecule has 100 valence electrons. The van der Waals surface area contributed by atoms with Crippen LogP contribution in [0.3, 0.4) is 0 Å². The third-order valence-electron chi connectivity index (χ3n) is 3.50. The fourth-order valence-corrected chi connectivity index (χ4v) is 2.77. The standard InChI is InChI=1S/C14H21ClN2O/c1-2-16-9-11-8-12(15)5-6-14(11)17-7-3-4-13(17)10-18/h5-6,8,13,16,18H,2-4,7,9-10H2,1H3. The maximum atomic E-state index is 9.44. The molecule has 1 unspecified atom stereocenters. The van der Waals surface area contributed by atoms with Gasteiger partial charge in [-0.1, -0.05) is 18.5 Å². The molecular weight excluding hydrogens is 248 g/mol. The van der Waals surface area contributed by atoms with E-state index >= 15 is 0 Å². The number of aliphatic hydroxyl groups is 1. The van der Waals surface area contributed by atoms with E-state index in [9.17, 15) is 5.11 Å². The molecule has 1 aliphatic heterocycles. The van der Waals surface area contributed by atoms with Gasteiger partial charge in [0.2, 0.25) is 0 Å². The van der Waals surface area contributed by atoms with Gasteiger partial charge in [0.15, 0.2) is 0 Å². The quantitative estimate of drug-likeness (QED) is 0.861. The Hall–Kier alpha value is -0.770. The van der Waals surface area contributed by atoms with Crippen LogP contribution in [0, 0.1) is 0 Å². The second-order valence-corrected chi connectivity index (χ2v) is 5.16. The lowest BCUT2D eigenvalue weighted by Crippen LogP contribution is -2.33. The molecule has 1 aromatic carbocycles. The van der Waals surface area contributed by atoms with Gasteiger partial charge in [0.05, 0.1) is 12.6 Å². The van der Waals surface area contributed by atoms with Crippen LogP contribution < -0.4 is 10.2 Å². The van der Waals surface area contributed by atoms with E-state index in [0.717, 1.165) is 37.5 Å². The lowest BCUT2D eigenvalue weighted by molar-refractivity contribution is 0.266. The minimum absolute atomic E-state index is 0.225. The van der Waals surface area contributed by atoms with Crippen molar-refractivity contribution in [2.24, 2.45) is 0 Å². The van der Waals surface area contributed by atoms with Gasteiger partial charge < -0.3 is 15.3 Å². The SMILES string of the molecule is CCNCc1cc(Cl)ccc1N1CCCC1CO. The highest BCUT2D eigenvalue weighted by Gasteiger charge is 2.25. The molecular formula is C14H21ClN2O. The second-order valence-electron chi connectivity index (χ2n) is 4.73. The number of benzene rings is 1. The number of hydrogen-bond acceptors (Lipinski definition) is 3. The van der Waals surface area contributed by atoms with E-state index in [1.54, 1.807) is 0 Å². The molecule has 0 spiro atoms. The Morgan fingerprint density at radius 2 is 2.33 bits per heavy atom. The molecule has 1 atom stereocenters. The van der Waals surface area contributed by atoms with Gasteiger partial charge in [-0.2, -0.15) is 0 Å². The van der Waals surface area contributed by atoms with Crippen molar-refractivity contribution in [2.75, 3.05) is 24.6 Å². The van der Waals surface area contributed by atoms with Crippen LogP contribution >= 0.6 is 11.6 Å². The first kappa shape index (κ1) is 13.7. The van der Waals surface area contributed by atoms with Crippen LogP contribution in [0.5, 0.6) is 0 Å². The van der Waals surface area contributed by atoms with Gasteiger partial charge in [-0.3, -0.25) is 0 Å². The lowest BCUT2D eigenvalue weighted by Gasteiger charge is -2.28. The number of aliphatic hydroxyl groups excluding tert-OH is 1. The van der Waals surface area contributed by atoms with Crippen LogP contribution in [-0.4, -0.2) is 30.8 Å². The number of nitrogens with one attached hydrogen (secondary N) is 1. The van der Waals surface area contributed by atoms with Crippen molar-refractivity contribution in [3.8, 4) is 0 Å². The zero-order valence-electron chi connectivity index (χ0n) is 10.8. The Morgan fingerprint density at radius 3 is 3.06 bits per heavy atom. The molecule has 1 heterocycles. The highest BCUT2D eigenvalue weighted by Crippen LogP contribution is 2.30. The van der Waals surface area contributed by atoms with Crippen LogP contribution in [0.4, 0.5) is 5.69 Å². The second kappa shape index (κ2) is 6.41. The molecule has 2 rings (SSSR count). The van der Waals surface area contributed by atoms with E-state index in [-0.39, 0.29) is 12.6 Å². The maximum absolute atomic E-state index is 9.44. The van der Waals surface area contributed by atoms with Crippen LogP contribution in [0.15, 0.2) is 18.2 Å². The topological polar surface area (TPSA) is 35.5 Å². The molecule has 0 saturated carbocycles. The molecule has 1 fully saturated rings. The van der Waals surface area contributed by atoms with Gasteiger partial charge >= 0.3 is 0 Å². The van der Waals surface area contributed by atoms with Crippen molar-refractivity contribution in [3.05, 3.63) is 28.8 Å².